The third-order valence-corrected chi connectivity index (χ3v) is 6.97. The third kappa shape index (κ3) is 4.10. The van der Waals surface area contributed by atoms with Crippen molar-refractivity contribution in [3.63, 3.8) is 0 Å². The van der Waals surface area contributed by atoms with Gasteiger partial charge in [-0.1, -0.05) is 49.4 Å². The number of amides is 1. The van der Waals surface area contributed by atoms with Crippen LogP contribution in [0.25, 0.3) is 0 Å². The largest absolute Gasteiger partial charge is 0.417 e. The van der Waals surface area contributed by atoms with Crippen LogP contribution in [0.15, 0.2) is 48.5 Å². The zero-order chi connectivity index (χ0) is 22.1. The van der Waals surface area contributed by atoms with Crippen LogP contribution in [0.3, 0.4) is 0 Å². The number of rotatable bonds is 6. The lowest BCUT2D eigenvalue weighted by Crippen LogP contribution is -2.60. The zero-order valence-corrected chi connectivity index (χ0v) is 17.8. The molecule has 2 aromatic rings. The van der Waals surface area contributed by atoms with Gasteiger partial charge in [0, 0.05) is 5.54 Å². The van der Waals surface area contributed by atoms with Crippen molar-refractivity contribution in [2.75, 3.05) is 13.1 Å². The van der Waals surface area contributed by atoms with E-state index in [-0.39, 0.29) is 17.1 Å². The summed E-state index contributed by atoms with van der Waals surface area (Å²) in [5.41, 5.74) is 0.0369. The van der Waals surface area contributed by atoms with Crippen molar-refractivity contribution < 1.29 is 18.0 Å². The lowest BCUT2D eigenvalue weighted by molar-refractivity contribution is -0.138. The van der Waals surface area contributed by atoms with Crippen molar-refractivity contribution in [2.45, 2.75) is 63.2 Å². The quantitative estimate of drug-likeness (QED) is 0.632. The van der Waals surface area contributed by atoms with E-state index in [9.17, 15) is 18.0 Å². The Labute approximate surface area is 181 Å². The molecule has 0 radical (unpaired) electrons. The first-order valence-electron chi connectivity index (χ1n) is 11.2. The first-order valence-corrected chi connectivity index (χ1v) is 11.2. The minimum absolute atomic E-state index is 0.229. The average Bonchev–Trinajstić information content (AvgIpc) is 3.26. The highest BCUT2D eigenvalue weighted by molar-refractivity contribution is 5.97. The van der Waals surface area contributed by atoms with Crippen molar-refractivity contribution in [2.24, 2.45) is 0 Å². The molecule has 1 aliphatic carbocycles. The van der Waals surface area contributed by atoms with E-state index < -0.39 is 17.6 Å². The number of benzene rings is 2. The molecule has 2 aromatic carbocycles. The molecule has 1 saturated carbocycles. The molecule has 3 nitrogen and oxygen atoms in total. The van der Waals surface area contributed by atoms with Gasteiger partial charge in [-0.25, -0.2) is 0 Å². The second kappa shape index (κ2) is 8.65. The number of alkyl halides is 3. The second-order valence-electron chi connectivity index (χ2n) is 8.66. The number of halogens is 3. The molecule has 1 N–H and O–H groups in total. The van der Waals surface area contributed by atoms with Gasteiger partial charge in [-0.15, -0.1) is 0 Å². The number of hydrogen-bond acceptors (Lipinski definition) is 2. The van der Waals surface area contributed by atoms with Gasteiger partial charge in [0.05, 0.1) is 17.2 Å². The van der Waals surface area contributed by atoms with E-state index in [0.29, 0.717) is 12.0 Å². The molecular weight excluding hydrogens is 401 g/mol. The lowest BCUT2D eigenvalue weighted by Gasteiger charge is -2.54. The van der Waals surface area contributed by atoms with Gasteiger partial charge in [0.1, 0.15) is 0 Å². The smallest absolute Gasteiger partial charge is 0.343 e. The summed E-state index contributed by atoms with van der Waals surface area (Å²) in [7, 11) is 0. The summed E-state index contributed by atoms with van der Waals surface area (Å²) in [6.45, 7) is 3.72. The Morgan fingerprint density at radius 3 is 2.26 bits per heavy atom. The van der Waals surface area contributed by atoms with Crippen molar-refractivity contribution in [3.05, 3.63) is 70.8 Å². The molecule has 2 aliphatic rings. The van der Waals surface area contributed by atoms with Crippen LogP contribution in [0, 0.1) is 0 Å². The van der Waals surface area contributed by atoms with E-state index in [2.05, 4.69) is 10.2 Å². The summed E-state index contributed by atoms with van der Waals surface area (Å²) < 4.78 is 41.3. The van der Waals surface area contributed by atoms with Crippen LogP contribution in [0.5, 0.6) is 0 Å². The van der Waals surface area contributed by atoms with Gasteiger partial charge in [-0.3, -0.25) is 9.69 Å². The molecular formula is C25H29F3N2O. The average molecular weight is 431 g/mol. The molecule has 1 aliphatic heterocycles. The predicted molar refractivity (Wildman–Crippen MR) is 115 cm³/mol. The first-order chi connectivity index (χ1) is 14.9. The monoisotopic (exact) mass is 430 g/mol. The van der Waals surface area contributed by atoms with Crippen molar-refractivity contribution in [3.8, 4) is 0 Å². The fraction of sp³-hybridized carbons (Fsp3) is 0.480. The van der Waals surface area contributed by atoms with Crippen LogP contribution in [0.1, 0.15) is 72.1 Å². The van der Waals surface area contributed by atoms with Crippen LogP contribution in [-0.2, 0) is 12.6 Å². The summed E-state index contributed by atoms with van der Waals surface area (Å²) in [6.07, 6.45) is 0.961. The normalized spacial score (nSPS) is 19.6. The molecule has 1 unspecified atom stereocenters. The van der Waals surface area contributed by atoms with Gasteiger partial charge in [-0.2, -0.15) is 13.2 Å². The second-order valence-corrected chi connectivity index (χ2v) is 8.66. The van der Waals surface area contributed by atoms with Crippen LogP contribution < -0.4 is 5.32 Å². The summed E-state index contributed by atoms with van der Waals surface area (Å²) in [6, 6.07) is 13.4. The number of likely N-dealkylation sites (tertiary alicyclic amines) is 1. The predicted octanol–water partition coefficient (Wildman–Crippen LogP) is 5.76. The van der Waals surface area contributed by atoms with Crippen LogP contribution in [0.2, 0.25) is 0 Å². The van der Waals surface area contributed by atoms with Crippen LogP contribution in [-0.4, -0.2) is 29.4 Å². The maximum absolute atomic E-state index is 13.8. The summed E-state index contributed by atoms with van der Waals surface area (Å²) in [5.74, 6) is -0.635. The topological polar surface area (TPSA) is 32.3 Å². The fourth-order valence-electron chi connectivity index (χ4n) is 5.26. The number of carbonyl (C=O) groups is 1. The first kappa shape index (κ1) is 21.9. The van der Waals surface area contributed by atoms with E-state index >= 15 is 0 Å². The van der Waals surface area contributed by atoms with E-state index in [4.69, 9.17) is 0 Å². The highest BCUT2D eigenvalue weighted by atomic mass is 19.4. The Bertz CT molecular complexity index is 916. The highest BCUT2D eigenvalue weighted by Gasteiger charge is 2.50. The van der Waals surface area contributed by atoms with E-state index in [1.54, 1.807) is 13.0 Å². The molecule has 0 spiro atoms. The minimum atomic E-state index is -4.58. The Balaban J connectivity index is 1.75. The standard InChI is InChI=1S/C25H29F3N2O/c1-2-18-12-8-13-20(25(26,27)28)21(18)23(31)29-22(19-10-4-3-5-11-19)24(14-9-15-24)30-16-6-7-17-30/h3-5,8,10-13,22H,2,6-7,9,14-17H2,1H3,(H,29,31). The molecule has 4 rings (SSSR count). The van der Waals surface area contributed by atoms with Crippen molar-refractivity contribution in [1.29, 1.82) is 0 Å². The molecule has 1 saturated heterocycles. The maximum Gasteiger partial charge on any atom is 0.417 e. The molecule has 0 bridgehead atoms. The molecule has 166 valence electrons. The SMILES string of the molecule is CCc1cccc(C(F)(F)F)c1C(=O)NC(c1ccccc1)C1(N2CCCC2)CCC1. The maximum atomic E-state index is 13.8. The number of aryl methyl sites for hydroxylation is 1. The van der Waals surface area contributed by atoms with Gasteiger partial charge in [0.25, 0.3) is 5.91 Å². The van der Waals surface area contributed by atoms with Gasteiger partial charge in [0.2, 0.25) is 0 Å². The summed E-state index contributed by atoms with van der Waals surface area (Å²) >= 11 is 0. The molecule has 1 amide bonds. The summed E-state index contributed by atoms with van der Waals surface area (Å²) in [4.78, 5) is 15.9. The Morgan fingerprint density at radius 1 is 1.03 bits per heavy atom. The Hall–Kier alpha value is -2.34. The molecule has 2 fully saturated rings. The number of nitrogens with one attached hydrogen (secondary N) is 1. The molecule has 6 heteroatoms. The summed E-state index contributed by atoms with van der Waals surface area (Å²) in [5, 5.41) is 3.08. The van der Waals surface area contributed by atoms with Crippen LogP contribution >= 0.6 is 0 Å². The minimum Gasteiger partial charge on any atom is -0.343 e. The Morgan fingerprint density at radius 2 is 1.71 bits per heavy atom. The van der Waals surface area contributed by atoms with Gasteiger partial charge in [0.15, 0.2) is 0 Å². The number of carbonyl (C=O) groups excluding carboxylic acids is 1. The zero-order valence-electron chi connectivity index (χ0n) is 17.8. The number of nitrogens with zero attached hydrogens (tertiary/aromatic N) is 1. The van der Waals surface area contributed by atoms with Gasteiger partial charge >= 0.3 is 6.18 Å². The fourth-order valence-corrected chi connectivity index (χ4v) is 5.26. The van der Waals surface area contributed by atoms with Gasteiger partial charge < -0.3 is 5.32 Å². The Kier molecular flexibility index (Phi) is 6.11. The lowest BCUT2D eigenvalue weighted by atomic mass is 9.68. The van der Waals surface area contributed by atoms with E-state index in [1.165, 1.54) is 6.07 Å². The third-order valence-electron chi connectivity index (χ3n) is 6.97. The van der Waals surface area contributed by atoms with Crippen LogP contribution in [0.4, 0.5) is 13.2 Å². The highest BCUT2D eigenvalue weighted by Crippen LogP contribution is 2.48. The van der Waals surface area contributed by atoms with E-state index in [0.717, 1.165) is 56.8 Å². The van der Waals surface area contributed by atoms with Crippen molar-refractivity contribution in [1.82, 2.24) is 10.2 Å². The molecule has 0 aromatic heterocycles. The molecule has 1 heterocycles. The molecule has 31 heavy (non-hydrogen) atoms. The van der Waals surface area contributed by atoms with Crippen molar-refractivity contribution >= 4 is 5.91 Å². The molecule has 1 atom stereocenters. The number of hydrogen-bond donors (Lipinski definition) is 1. The van der Waals surface area contributed by atoms with Gasteiger partial charge in [-0.05, 0) is 68.8 Å². The van der Waals surface area contributed by atoms with E-state index in [1.807, 2.05) is 30.3 Å².